The molecule has 2 aromatic carbocycles. The van der Waals surface area contributed by atoms with Gasteiger partial charge in [-0.2, -0.15) is 0 Å². The second-order valence-electron chi connectivity index (χ2n) is 12.2. The predicted octanol–water partition coefficient (Wildman–Crippen LogP) is 2.76. The number of likely N-dealkylation sites (tertiary alicyclic amines) is 1. The molecule has 0 spiro atoms. The van der Waals surface area contributed by atoms with E-state index in [2.05, 4.69) is 25.9 Å². The van der Waals surface area contributed by atoms with Gasteiger partial charge in [-0.05, 0) is 36.6 Å². The van der Waals surface area contributed by atoms with Gasteiger partial charge in [0.1, 0.15) is 30.5 Å². The number of aromatic nitrogens is 2. The monoisotopic (exact) mass is 648 g/mol. The van der Waals surface area contributed by atoms with Gasteiger partial charge in [0, 0.05) is 50.7 Å². The van der Waals surface area contributed by atoms with Crippen molar-refractivity contribution in [2.75, 3.05) is 19.7 Å². The molecule has 1 saturated heterocycles. The Kier molecular flexibility index (Phi) is 11.1. The molecule has 0 radical (unpaired) electrons. The summed E-state index contributed by atoms with van der Waals surface area (Å²) in [4.78, 5) is 62.8. The number of benzene rings is 2. The van der Waals surface area contributed by atoms with Crippen LogP contribution >= 0.6 is 0 Å². The summed E-state index contributed by atoms with van der Waals surface area (Å²) in [5.74, 6) is -1.70. The fraction of sp³-hybridized carbons (Fsp3) is 0.441. The van der Waals surface area contributed by atoms with E-state index in [1.165, 1.54) is 12.4 Å². The first-order chi connectivity index (χ1) is 22.7. The normalized spacial score (nSPS) is 21.7. The first-order valence-electron chi connectivity index (χ1n) is 16.0. The molecule has 4 amide bonds. The lowest BCUT2D eigenvalue weighted by Gasteiger charge is -2.34. The number of halogens is 1. The number of carbonyl (C=O) groups is 4. The zero-order valence-corrected chi connectivity index (χ0v) is 26.5. The molecule has 2 aliphatic heterocycles. The number of H-pyrrole nitrogens is 1. The van der Waals surface area contributed by atoms with Crippen LogP contribution in [0.3, 0.4) is 0 Å². The SMILES string of the molecule is CC(C)[C@@H]1COc2ccccc2C(=O)N[C@H](C(=O)N2CCC(Oc3ccccc3F)CC2)CCC(=O)N[C@@H](Cc2cnc[nH]2)C(=O)N1. The smallest absolute Gasteiger partial charge is 0.255 e. The fourth-order valence-corrected chi connectivity index (χ4v) is 5.64. The van der Waals surface area contributed by atoms with Crippen molar-refractivity contribution in [2.45, 2.75) is 70.2 Å². The van der Waals surface area contributed by atoms with Crippen LogP contribution in [0.5, 0.6) is 11.5 Å². The van der Waals surface area contributed by atoms with E-state index in [9.17, 15) is 23.6 Å². The van der Waals surface area contributed by atoms with Crippen molar-refractivity contribution in [3.63, 3.8) is 0 Å². The highest BCUT2D eigenvalue weighted by Gasteiger charge is 2.33. The first-order valence-corrected chi connectivity index (χ1v) is 16.0. The number of rotatable bonds is 6. The predicted molar refractivity (Wildman–Crippen MR) is 170 cm³/mol. The Morgan fingerprint density at radius 3 is 2.49 bits per heavy atom. The van der Waals surface area contributed by atoms with Crippen molar-refractivity contribution in [1.29, 1.82) is 0 Å². The average Bonchev–Trinajstić information content (AvgIpc) is 3.58. The number of ether oxygens (including phenoxy) is 2. The number of nitrogens with one attached hydrogen (secondary N) is 4. The molecule has 5 rings (SSSR count). The number of aromatic amines is 1. The van der Waals surface area contributed by atoms with Crippen LogP contribution in [0.1, 0.15) is 55.6 Å². The number of piperidine rings is 1. The van der Waals surface area contributed by atoms with E-state index >= 15 is 0 Å². The van der Waals surface area contributed by atoms with Crippen LogP contribution in [-0.2, 0) is 20.8 Å². The number of nitrogens with zero attached hydrogens (tertiary/aromatic N) is 2. The Hall–Kier alpha value is -4.94. The van der Waals surface area contributed by atoms with E-state index in [1.807, 2.05) is 13.8 Å². The molecule has 3 atom stereocenters. The number of para-hydroxylation sites is 2. The molecule has 3 heterocycles. The third-order valence-corrected chi connectivity index (χ3v) is 8.46. The van der Waals surface area contributed by atoms with Gasteiger partial charge < -0.3 is 35.3 Å². The van der Waals surface area contributed by atoms with Crippen LogP contribution in [0.2, 0.25) is 0 Å². The van der Waals surface area contributed by atoms with Crippen molar-refractivity contribution < 1.29 is 33.0 Å². The summed E-state index contributed by atoms with van der Waals surface area (Å²) >= 11 is 0. The number of hydrogen-bond acceptors (Lipinski definition) is 7. The van der Waals surface area contributed by atoms with Crippen molar-refractivity contribution in [3.8, 4) is 11.5 Å². The molecular formula is C34H41FN6O6. The largest absolute Gasteiger partial charge is 0.491 e. The minimum atomic E-state index is -1.03. The third-order valence-electron chi connectivity index (χ3n) is 8.46. The van der Waals surface area contributed by atoms with Crippen LogP contribution in [0.25, 0.3) is 0 Å². The highest BCUT2D eigenvalue weighted by atomic mass is 19.1. The quantitative estimate of drug-likeness (QED) is 0.321. The molecule has 4 N–H and O–H groups in total. The van der Waals surface area contributed by atoms with Crippen molar-refractivity contribution >= 4 is 23.6 Å². The highest BCUT2D eigenvalue weighted by molar-refractivity contribution is 6.00. The second-order valence-corrected chi connectivity index (χ2v) is 12.2. The van der Waals surface area contributed by atoms with Gasteiger partial charge in [-0.25, -0.2) is 9.37 Å². The van der Waals surface area contributed by atoms with Crippen molar-refractivity contribution in [1.82, 2.24) is 30.8 Å². The zero-order chi connectivity index (χ0) is 33.3. The molecule has 2 aliphatic rings. The minimum absolute atomic E-state index is 0.00188. The van der Waals surface area contributed by atoms with Gasteiger partial charge in [0.05, 0.1) is 17.9 Å². The topological polar surface area (TPSA) is 155 Å². The molecule has 13 heteroatoms. The maximum atomic E-state index is 14.1. The minimum Gasteiger partial charge on any atom is -0.491 e. The fourth-order valence-electron chi connectivity index (χ4n) is 5.64. The lowest BCUT2D eigenvalue weighted by atomic mass is 10.0. The summed E-state index contributed by atoms with van der Waals surface area (Å²) in [6.07, 6.45) is 3.80. The highest BCUT2D eigenvalue weighted by Crippen LogP contribution is 2.24. The Labute approximate surface area is 272 Å². The van der Waals surface area contributed by atoms with Crippen LogP contribution in [-0.4, -0.2) is 82.4 Å². The van der Waals surface area contributed by atoms with Crippen LogP contribution in [0.15, 0.2) is 61.1 Å². The maximum absolute atomic E-state index is 14.1. The molecule has 3 aromatic rings. The van der Waals surface area contributed by atoms with Crippen LogP contribution < -0.4 is 25.4 Å². The Balaban J connectivity index is 1.34. The summed E-state index contributed by atoms with van der Waals surface area (Å²) in [5, 5.41) is 8.65. The number of carbonyl (C=O) groups excluding carboxylic acids is 4. The second kappa shape index (κ2) is 15.6. The molecule has 1 aromatic heterocycles. The van der Waals surface area contributed by atoms with Crippen molar-refractivity contribution in [3.05, 3.63) is 78.1 Å². The van der Waals surface area contributed by atoms with Crippen LogP contribution in [0.4, 0.5) is 4.39 Å². The van der Waals surface area contributed by atoms with E-state index in [0.717, 1.165) is 0 Å². The number of fused-ring (bicyclic) bond motifs is 1. The Bertz CT molecular complexity index is 1540. The summed E-state index contributed by atoms with van der Waals surface area (Å²) in [5.41, 5.74) is 0.893. The molecule has 0 aliphatic carbocycles. The van der Waals surface area contributed by atoms with Gasteiger partial charge in [-0.1, -0.05) is 38.1 Å². The number of amides is 4. The zero-order valence-electron chi connectivity index (χ0n) is 26.5. The van der Waals surface area contributed by atoms with E-state index in [4.69, 9.17) is 9.47 Å². The molecule has 0 unspecified atom stereocenters. The molecule has 1 fully saturated rings. The molecule has 12 nitrogen and oxygen atoms in total. The lowest BCUT2D eigenvalue weighted by Crippen LogP contribution is -2.53. The van der Waals surface area contributed by atoms with Gasteiger partial charge in [0.15, 0.2) is 11.6 Å². The summed E-state index contributed by atoms with van der Waals surface area (Å²) in [6.45, 7) is 4.62. The molecule has 0 bridgehead atoms. The van der Waals surface area contributed by atoms with Crippen LogP contribution in [0, 0.1) is 11.7 Å². The standard InChI is InChI=1S/C34H41FN6O6/c1-21(2)28-19-46-29-9-5-3-7-24(29)32(43)39-26(11-12-31(42)38-27(33(44)40-28)17-22-18-36-20-37-22)34(45)41-15-13-23(14-16-41)47-30-10-6-4-8-25(30)35/h3-10,18,20-21,23,26-28H,11-17,19H2,1-2H3,(H,36,37)(H,38,42)(H,39,43)(H,40,44)/t26-,27-,28-/m0/s1. The van der Waals surface area contributed by atoms with Gasteiger partial charge in [0.25, 0.3) is 5.91 Å². The summed E-state index contributed by atoms with van der Waals surface area (Å²) in [7, 11) is 0. The van der Waals surface area contributed by atoms with Gasteiger partial charge >= 0.3 is 0 Å². The lowest BCUT2D eigenvalue weighted by molar-refractivity contribution is -0.135. The summed E-state index contributed by atoms with van der Waals surface area (Å²) < 4.78 is 26.1. The molecule has 250 valence electrons. The number of hydrogen-bond donors (Lipinski definition) is 4. The van der Waals surface area contributed by atoms with E-state index in [1.54, 1.807) is 53.6 Å². The summed E-state index contributed by atoms with van der Waals surface area (Å²) in [6, 6.07) is 10.5. The average molecular weight is 649 g/mol. The van der Waals surface area contributed by atoms with E-state index in [-0.39, 0.29) is 61.0 Å². The molecular weight excluding hydrogens is 607 g/mol. The number of imidazole rings is 1. The van der Waals surface area contributed by atoms with Gasteiger partial charge in [0.2, 0.25) is 17.7 Å². The van der Waals surface area contributed by atoms with Gasteiger partial charge in [-0.3, -0.25) is 19.2 Å². The molecule has 47 heavy (non-hydrogen) atoms. The van der Waals surface area contributed by atoms with Crippen molar-refractivity contribution in [2.24, 2.45) is 5.92 Å². The first kappa shape index (κ1) is 33.4. The molecule has 0 saturated carbocycles. The van der Waals surface area contributed by atoms with E-state index < -0.39 is 35.8 Å². The Morgan fingerprint density at radius 1 is 1.02 bits per heavy atom. The van der Waals surface area contributed by atoms with Gasteiger partial charge in [-0.15, -0.1) is 0 Å². The Morgan fingerprint density at radius 2 is 1.77 bits per heavy atom. The third kappa shape index (κ3) is 8.87. The van der Waals surface area contributed by atoms with E-state index in [0.29, 0.717) is 37.4 Å². The maximum Gasteiger partial charge on any atom is 0.255 e.